The molecule has 5 heteroatoms. The summed E-state index contributed by atoms with van der Waals surface area (Å²) < 4.78 is 5.69. The van der Waals surface area contributed by atoms with Crippen molar-refractivity contribution in [2.45, 2.75) is 6.92 Å². The van der Waals surface area contributed by atoms with Crippen molar-refractivity contribution in [1.29, 1.82) is 0 Å². The van der Waals surface area contributed by atoms with Gasteiger partial charge in [0, 0.05) is 11.6 Å². The van der Waals surface area contributed by atoms with Crippen molar-refractivity contribution < 1.29 is 14.0 Å². The van der Waals surface area contributed by atoms with E-state index in [1.54, 1.807) is 12.1 Å². The molecule has 0 spiro atoms. The van der Waals surface area contributed by atoms with Gasteiger partial charge in [0.1, 0.15) is 11.5 Å². The fourth-order valence-electron chi connectivity index (χ4n) is 1.93. The van der Waals surface area contributed by atoms with Crippen LogP contribution >= 0.6 is 11.8 Å². The molecular weight excluding hydrogens is 274 g/mol. The molecule has 1 aliphatic rings. The van der Waals surface area contributed by atoms with E-state index in [4.69, 9.17) is 4.42 Å². The largest absolute Gasteiger partial charge is 0.457 e. The molecule has 2 amide bonds. The van der Waals surface area contributed by atoms with E-state index >= 15 is 0 Å². The van der Waals surface area contributed by atoms with Gasteiger partial charge < -0.3 is 4.42 Å². The Morgan fingerprint density at radius 2 is 2.05 bits per heavy atom. The van der Waals surface area contributed by atoms with Gasteiger partial charge in [-0.2, -0.15) is 0 Å². The molecule has 1 aliphatic heterocycles. The number of carbonyl (C=O) groups is 2. The lowest BCUT2D eigenvalue weighted by atomic mass is 10.1. The van der Waals surface area contributed by atoms with Gasteiger partial charge in [0.15, 0.2) is 0 Å². The molecule has 0 saturated carbocycles. The monoisotopic (exact) mass is 285 g/mol. The Kier molecular flexibility index (Phi) is 3.20. The zero-order valence-corrected chi connectivity index (χ0v) is 11.5. The normalized spacial score (nSPS) is 16.8. The molecule has 0 radical (unpaired) electrons. The highest BCUT2D eigenvalue weighted by Gasteiger charge is 2.25. The standard InChI is InChI=1S/C15H11NO3S/c1-9-3-2-4-10(7-9)12-6-5-11(19-12)8-13-14(17)16-15(18)20-13/h2-8H,1H3,(H,16,17,18). The van der Waals surface area contributed by atoms with Crippen molar-refractivity contribution in [3.05, 3.63) is 52.6 Å². The van der Waals surface area contributed by atoms with Crippen LogP contribution in [0.4, 0.5) is 4.79 Å². The van der Waals surface area contributed by atoms with Gasteiger partial charge in [0.05, 0.1) is 4.91 Å². The maximum absolute atomic E-state index is 11.4. The first-order valence-corrected chi connectivity index (χ1v) is 6.85. The van der Waals surface area contributed by atoms with E-state index in [2.05, 4.69) is 5.32 Å². The lowest BCUT2D eigenvalue weighted by Crippen LogP contribution is -2.17. The van der Waals surface area contributed by atoms with Crippen molar-refractivity contribution in [1.82, 2.24) is 5.32 Å². The summed E-state index contributed by atoms with van der Waals surface area (Å²) in [5.41, 5.74) is 2.13. The van der Waals surface area contributed by atoms with E-state index < -0.39 is 0 Å². The summed E-state index contributed by atoms with van der Waals surface area (Å²) >= 11 is 0.878. The fourth-order valence-corrected chi connectivity index (χ4v) is 2.60. The first-order chi connectivity index (χ1) is 9.61. The number of nitrogens with one attached hydrogen (secondary N) is 1. The van der Waals surface area contributed by atoms with E-state index in [9.17, 15) is 9.59 Å². The van der Waals surface area contributed by atoms with E-state index in [0.717, 1.165) is 28.6 Å². The summed E-state index contributed by atoms with van der Waals surface area (Å²) in [6.45, 7) is 2.01. The molecule has 1 aromatic heterocycles. The number of amides is 2. The number of rotatable bonds is 2. The Balaban J connectivity index is 1.89. The van der Waals surface area contributed by atoms with Crippen molar-refractivity contribution in [3.8, 4) is 11.3 Å². The van der Waals surface area contributed by atoms with Gasteiger partial charge >= 0.3 is 0 Å². The minimum atomic E-state index is -0.381. The number of carbonyl (C=O) groups excluding carboxylic acids is 2. The molecule has 0 bridgehead atoms. The van der Waals surface area contributed by atoms with Crippen molar-refractivity contribution in [2.24, 2.45) is 0 Å². The van der Waals surface area contributed by atoms with E-state index in [1.807, 2.05) is 37.3 Å². The lowest BCUT2D eigenvalue weighted by molar-refractivity contribution is -0.115. The molecule has 0 atom stereocenters. The van der Waals surface area contributed by atoms with Gasteiger partial charge in [-0.25, -0.2) is 0 Å². The average molecular weight is 285 g/mol. The first kappa shape index (κ1) is 12.7. The smallest absolute Gasteiger partial charge is 0.290 e. The van der Waals surface area contributed by atoms with E-state index in [1.165, 1.54) is 0 Å². The Morgan fingerprint density at radius 1 is 1.20 bits per heavy atom. The number of thioether (sulfide) groups is 1. The van der Waals surface area contributed by atoms with Gasteiger partial charge in [-0.15, -0.1) is 0 Å². The molecule has 2 heterocycles. The third-order valence-electron chi connectivity index (χ3n) is 2.84. The summed E-state index contributed by atoms with van der Waals surface area (Å²) in [6.07, 6.45) is 1.57. The van der Waals surface area contributed by atoms with Crippen LogP contribution in [0.2, 0.25) is 0 Å². The van der Waals surface area contributed by atoms with Crippen molar-refractivity contribution in [2.75, 3.05) is 0 Å². The van der Waals surface area contributed by atoms with Gasteiger partial charge in [-0.3, -0.25) is 14.9 Å². The summed E-state index contributed by atoms with van der Waals surface area (Å²) in [4.78, 5) is 22.9. The van der Waals surface area contributed by atoms with E-state index in [0.29, 0.717) is 10.7 Å². The predicted octanol–water partition coefficient (Wildman–Crippen LogP) is 3.58. The van der Waals surface area contributed by atoms with E-state index in [-0.39, 0.29) is 11.1 Å². The van der Waals surface area contributed by atoms with Crippen LogP contribution in [0.3, 0.4) is 0 Å². The Labute approximate surface area is 119 Å². The zero-order valence-electron chi connectivity index (χ0n) is 10.7. The summed E-state index contributed by atoms with van der Waals surface area (Å²) in [5.74, 6) is 0.901. The number of benzene rings is 1. The molecule has 100 valence electrons. The van der Waals surface area contributed by atoms with Gasteiger partial charge in [-0.1, -0.05) is 23.8 Å². The summed E-state index contributed by atoms with van der Waals surface area (Å²) in [5, 5.41) is 1.85. The van der Waals surface area contributed by atoms with Crippen LogP contribution < -0.4 is 5.32 Å². The van der Waals surface area contributed by atoms with Crippen LogP contribution in [0.5, 0.6) is 0 Å². The van der Waals surface area contributed by atoms with Crippen LogP contribution in [-0.4, -0.2) is 11.1 Å². The predicted molar refractivity (Wildman–Crippen MR) is 78.0 cm³/mol. The van der Waals surface area contributed by atoms with Crippen LogP contribution in [-0.2, 0) is 4.79 Å². The highest BCUT2D eigenvalue weighted by atomic mass is 32.2. The Hall–Kier alpha value is -2.27. The van der Waals surface area contributed by atoms with Gasteiger partial charge in [0.25, 0.3) is 11.1 Å². The SMILES string of the molecule is Cc1cccc(-c2ccc(C=C3SC(=O)NC3=O)o2)c1. The number of furan rings is 1. The zero-order chi connectivity index (χ0) is 14.1. The molecule has 20 heavy (non-hydrogen) atoms. The molecular formula is C15H11NO3S. The molecule has 1 aromatic carbocycles. The Morgan fingerprint density at radius 3 is 2.75 bits per heavy atom. The molecule has 4 nitrogen and oxygen atoms in total. The minimum absolute atomic E-state index is 0.347. The van der Waals surface area contributed by atoms with Gasteiger partial charge in [-0.05, 0) is 36.9 Å². The second-order valence-corrected chi connectivity index (χ2v) is 5.44. The molecule has 0 unspecified atom stereocenters. The first-order valence-electron chi connectivity index (χ1n) is 6.03. The maximum atomic E-state index is 11.4. The van der Waals surface area contributed by atoms with Crippen molar-refractivity contribution >= 4 is 29.0 Å². The second kappa shape index (κ2) is 5.02. The third kappa shape index (κ3) is 2.53. The minimum Gasteiger partial charge on any atom is -0.457 e. The quantitative estimate of drug-likeness (QED) is 0.857. The van der Waals surface area contributed by atoms with Crippen LogP contribution in [0, 0.1) is 6.92 Å². The average Bonchev–Trinajstić information content (AvgIpc) is 2.97. The molecule has 0 aliphatic carbocycles. The number of hydrogen-bond donors (Lipinski definition) is 1. The number of hydrogen-bond acceptors (Lipinski definition) is 4. The molecule has 1 saturated heterocycles. The van der Waals surface area contributed by atoms with Crippen molar-refractivity contribution in [3.63, 3.8) is 0 Å². The Bertz CT molecular complexity index is 730. The van der Waals surface area contributed by atoms with Crippen LogP contribution in [0.15, 0.2) is 45.7 Å². The number of imide groups is 1. The van der Waals surface area contributed by atoms with Crippen LogP contribution in [0.1, 0.15) is 11.3 Å². The van der Waals surface area contributed by atoms with Gasteiger partial charge in [0.2, 0.25) is 0 Å². The highest BCUT2D eigenvalue weighted by molar-refractivity contribution is 8.18. The molecule has 2 aromatic rings. The lowest BCUT2D eigenvalue weighted by Gasteiger charge is -1.98. The molecule has 1 N–H and O–H groups in total. The second-order valence-electron chi connectivity index (χ2n) is 4.42. The summed E-state index contributed by atoms with van der Waals surface area (Å²) in [7, 11) is 0. The molecule has 3 rings (SSSR count). The fraction of sp³-hybridized carbons (Fsp3) is 0.0667. The highest BCUT2D eigenvalue weighted by Crippen LogP contribution is 2.28. The topological polar surface area (TPSA) is 59.3 Å². The molecule has 1 fully saturated rings. The third-order valence-corrected chi connectivity index (χ3v) is 3.66. The number of aryl methyl sites for hydroxylation is 1. The summed E-state index contributed by atoms with van der Waals surface area (Å²) in [6, 6.07) is 11.6. The van der Waals surface area contributed by atoms with Crippen LogP contribution in [0.25, 0.3) is 17.4 Å². The maximum Gasteiger partial charge on any atom is 0.290 e.